The predicted octanol–water partition coefficient (Wildman–Crippen LogP) is 1.87. The normalized spacial score (nSPS) is 24.5. The Bertz CT molecular complexity index is 974. The number of urea groups is 1. The zero-order valence-corrected chi connectivity index (χ0v) is 19.5. The molecule has 1 saturated heterocycles. The standard InChI is InChI=1S/C25H33N5O3/c1-17-7-9-18(10-8-17)23-22-20(27(2)25(33)26-23)15-30(24(22)32)16-21(31)29-13-11-28(12-14-29)19-5-3-4-6-19/h7-10,19,23H,3-6,11-16H2,1-2H3,(H,26,33)/t23-/m1/s1. The Morgan fingerprint density at radius 3 is 2.36 bits per heavy atom. The van der Waals surface area contributed by atoms with E-state index in [2.05, 4.69) is 10.2 Å². The summed E-state index contributed by atoms with van der Waals surface area (Å²) in [6.07, 6.45) is 5.17. The Hall–Kier alpha value is -2.87. The fourth-order valence-electron chi connectivity index (χ4n) is 5.63. The summed E-state index contributed by atoms with van der Waals surface area (Å²) >= 11 is 0. The number of aryl methyl sites for hydroxylation is 1. The highest BCUT2D eigenvalue weighted by atomic mass is 16.2. The number of rotatable bonds is 4. The molecule has 5 rings (SSSR count). The van der Waals surface area contributed by atoms with Crippen molar-refractivity contribution in [3.05, 3.63) is 46.7 Å². The number of piperazine rings is 1. The van der Waals surface area contributed by atoms with Crippen LogP contribution in [0.5, 0.6) is 0 Å². The first-order valence-corrected chi connectivity index (χ1v) is 12.1. The smallest absolute Gasteiger partial charge is 0.322 e. The number of amides is 4. The van der Waals surface area contributed by atoms with Gasteiger partial charge in [0, 0.05) is 39.3 Å². The third-order valence-electron chi connectivity index (χ3n) is 7.68. The summed E-state index contributed by atoms with van der Waals surface area (Å²) in [7, 11) is 1.68. The van der Waals surface area contributed by atoms with E-state index in [1.54, 1.807) is 11.9 Å². The van der Waals surface area contributed by atoms with E-state index in [0.29, 0.717) is 17.3 Å². The van der Waals surface area contributed by atoms with E-state index in [4.69, 9.17) is 0 Å². The molecule has 2 fully saturated rings. The molecule has 0 aromatic heterocycles. The monoisotopic (exact) mass is 451 g/mol. The summed E-state index contributed by atoms with van der Waals surface area (Å²) in [6, 6.07) is 7.80. The molecule has 33 heavy (non-hydrogen) atoms. The van der Waals surface area contributed by atoms with Crippen molar-refractivity contribution in [3.8, 4) is 0 Å². The molecule has 1 saturated carbocycles. The van der Waals surface area contributed by atoms with Crippen LogP contribution >= 0.6 is 0 Å². The van der Waals surface area contributed by atoms with E-state index >= 15 is 0 Å². The summed E-state index contributed by atoms with van der Waals surface area (Å²) in [5.41, 5.74) is 3.25. The Morgan fingerprint density at radius 1 is 1.03 bits per heavy atom. The number of carbonyl (C=O) groups excluding carboxylic acids is 3. The van der Waals surface area contributed by atoms with Crippen LogP contribution in [-0.2, 0) is 9.59 Å². The van der Waals surface area contributed by atoms with Gasteiger partial charge in [0.05, 0.1) is 23.9 Å². The molecular formula is C25H33N5O3. The molecule has 176 valence electrons. The molecule has 1 aromatic carbocycles. The molecule has 1 aromatic rings. The highest BCUT2D eigenvalue weighted by molar-refractivity contribution is 6.02. The van der Waals surface area contributed by atoms with E-state index in [1.807, 2.05) is 36.1 Å². The molecule has 0 bridgehead atoms. The summed E-state index contributed by atoms with van der Waals surface area (Å²) in [4.78, 5) is 46.6. The van der Waals surface area contributed by atoms with Crippen LogP contribution in [0.1, 0.15) is 42.9 Å². The lowest BCUT2D eigenvalue weighted by molar-refractivity contribution is -0.139. The summed E-state index contributed by atoms with van der Waals surface area (Å²) in [5, 5.41) is 2.95. The zero-order valence-electron chi connectivity index (χ0n) is 19.5. The fraction of sp³-hybridized carbons (Fsp3) is 0.560. The van der Waals surface area contributed by atoms with Crippen molar-refractivity contribution < 1.29 is 14.4 Å². The fourth-order valence-corrected chi connectivity index (χ4v) is 5.63. The van der Waals surface area contributed by atoms with Gasteiger partial charge in [0.2, 0.25) is 5.91 Å². The van der Waals surface area contributed by atoms with Crippen LogP contribution in [0, 0.1) is 6.92 Å². The van der Waals surface area contributed by atoms with Gasteiger partial charge in [-0.25, -0.2) is 4.79 Å². The molecular weight excluding hydrogens is 418 g/mol. The van der Waals surface area contributed by atoms with Crippen LogP contribution < -0.4 is 5.32 Å². The van der Waals surface area contributed by atoms with Crippen molar-refractivity contribution in [3.63, 3.8) is 0 Å². The molecule has 0 spiro atoms. The molecule has 8 nitrogen and oxygen atoms in total. The second-order valence-corrected chi connectivity index (χ2v) is 9.73. The second-order valence-electron chi connectivity index (χ2n) is 9.73. The summed E-state index contributed by atoms with van der Waals surface area (Å²) in [5.74, 6) is -0.177. The topological polar surface area (TPSA) is 76.2 Å². The molecule has 1 N–H and O–H groups in total. The number of nitrogens with one attached hydrogen (secondary N) is 1. The first kappa shape index (κ1) is 21.9. The molecule has 0 unspecified atom stereocenters. The third kappa shape index (κ3) is 4.12. The Balaban J connectivity index is 1.26. The molecule has 4 amide bonds. The highest BCUT2D eigenvalue weighted by Gasteiger charge is 2.43. The lowest BCUT2D eigenvalue weighted by Gasteiger charge is -2.38. The van der Waals surface area contributed by atoms with Crippen molar-refractivity contribution in [2.45, 2.75) is 44.7 Å². The maximum absolute atomic E-state index is 13.4. The number of hydrogen-bond donors (Lipinski definition) is 1. The second kappa shape index (κ2) is 8.82. The van der Waals surface area contributed by atoms with Crippen LogP contribution in [-0.4, -0.2) is 89.8 Å². The molecule has 3 aliphatic heterocycles. The average molecular weight is 452 g/mol. The molecule has 8 heteroatoms. The first-order valence-electron chi connectivity index (χ1n) is 12.1. The summed E-state index contributed by atoms with van der Waals surface area (Å²) < 4.78 is 0. The van der Waals surface area contributed by atoms with Crippen LogP contribution in [0.15, 0.2) is 35.5 Å². The highest BCUT2D eigenvalue weighted by Crippen LogP contribution is 2.35. The van der Waals surface area contributed by atoms with E-state index in [0.717, 1.165) is 37.3 Å². The van der Waals surface area contributed by atoms with Crippen molar-refractivity contribution >= 4 is 17.8 Å². The van der Waals surface area contributed by atoms with Gasteiger partial charge in [-0.1, -0.05) is 42.7 Å². The number of hydrogen-bond acceptors (Lipinski definition) is 4. The minimum absolute atomic E-state index is 0.0110. The quantitative estimate of drug-likeness (QED) is 0.759. The SMILES string of the molecule is Cc1ccc([C@H]2NC(=O)N(C)C3=C2C(=O)N(CC(=O)N2CCN(C4CCCC4)CC2)C3)cc1. The van der Waals surface area contributed by atoms with Gasteiger partial charge in [0.25, 0.3) is 5.91 Å². The Kier molecular flexibility index (Phi) is 5.86. The van der Waals surface area contributed by atoms with Crippen molar-refractivity contribution in [2.24, 2.45) is 0 Å². The minimum Gasteiger partial charge on any atom is -0.339 e. The lowest BCUT2D eigenvalue weighted by atomic mass is 9.95. The van der Waals surface area contributed by atoms with Gasteiger partial charge in [-0.05, 0) is 25.3 Å². The number of nitrogens with zero attached hydrogens (tertiary/aromatic N) is 4. The predicted molar refractivity (Wildman–Crippen MR) is 124 cm³/mol. The largest absolute Gasteiger partial charge is 0.339 e. The van der Waals surface area contributed by atoms with Gasteiger partial charge in [-0.2, -0.15) is 0 Å². The Labute approximate surface area is 195 Å². The number of benzene rings is 1. The van der Waals surface area contributed by atoms with Crippen LogP contribution in [0.3, 0.4) is 0 Å². The van der Waals surface area contributed by atoms with Gasteiger partial charge in [0.1, 0.15) is 6.54 Å². The van der Waals surface area contributed by atoms with Crippen molar-refractivity contribution in [1.82, 2.24) is 24.9 Å². The molecule has 3 heterocycles. The Morgan fingerprint density at radius 2 is 1.70 bits per heavy atom. The van der Waals surface area contributed by atoms with E-state index in [1.165, 1.54) is 30.6 Å². The van der Waals surface area contributed by atoms with Crippen LogP contribution in [0.25, 0.3) is 0 Å². The zero-order chi connectivity index (χ0) is 23.1. The summed E-state index contributed by atoms with van der Waals surface area (Å²) in [6.45, 7) is 5.61. The third-order valence-corrected chi connectivity index (χ3v) is 7.68. The van der Waals surface area contributed by atoms with Crippen molar-refractivity contribution in [2.75, 3.05) is 46.3 Å². The minimum atomic E-state index is -0.494. The van der Waals surface area contributed by atoms with E-state index < -0.39 is 6.04 Å². The van der Waals surface area contributed by atoms with Crippen LogP contribution in [0.2, 0.25) is 0 Å². The van der Waals surface area contributed by atoms with Gasteiger partial charge >= 0.3 is 6.03 Å². The number of likely N-dealkylation sites (N-methyl/N-ethyl adjacent to an activating group) is 1. The molecule has 1 aliphatic carbocycles. The van der Waals surface area contributed by atoms with Gasteiger partial charge < -0.3 is 15.1 Å². The average Bonchev–Trinajstić information content (AvgIpc) is 3.46. The molecule has 1 atom stereocenters. The first-order chi connectivity index (χ1) is 15.9. The van der Waals surface area contributed by atoms with Gasteiger partial charge in [-0.15, -0.1) is 0 Å². The van der Waals surface area contributed by atoms with E-state index in [-0.39, 0.29) is 30.9 Å². The maximum atomic E-state index is 13.4. The maximum Gasteiger partial charge on any atom is 0.322 e. The molecule has 0 radical (unpaired) electrons. The molecule has 4 aliphatic rings. The number of carbonyl (C=O) groups is 3. The van der Waals surface area contributed by atoms with Crippen LogP contribution in [0.4, 0.5) is 4.79 Å². The van der Waals surface area contributed by atoms with Crippen molar-refractivity contribution in [1.29, 1.82) is 0 Å². The van der Waals surface area contributed by atoms with Gasteiger partial charge in [0.15, 0.2) is 0 Å². The van der Waals surface area contributed by atoms with E-state index in [9.17, 15) is 14.4 Å². The lowest BCUT2D eigenvalue weighted by Crippen LogP contribution is -2.53. The van der Waals surface area contributed by atoms with Gasteiger partial charge in [-0.3, -0.25) is 19.4 Å².